The molecule has 1 aliphatic carbocycles. The molecule has 1 aromatic rings. The summed E-state index contributed by atoms with van der Waals surface area (Å²) in [5.74, 6) is 1.63. The number of nitrogens with zero attached hydrogens (tertiary/aromatic N) is 1. The van der Waals surface area contributed by atoms with Gasteiger partial charge < -0.3 is 5.32 Å². The number of hydrogen-bond acceptors (Lipinski definition) is 3. The molecule has 21 heavy (non-hydrogen) atoms. The van der Waals surface area contributed by atoms with Crippen molar-refractivity contribution >= 4 is 11.3 Å². The third-order valence-corrected chi connectivity index (χ3v) is 6.34. The van der Waals surface area contributed by atoms with Gasteiger partial charge in [0.1, 0.15) is 0 Å². The van der Waals surface area contributed by atoms with Gasteiger partial charge in [0.15, 0.2) is 0 Å². The highest BCUT2D eigenvalue weighted by molar-refractivity contribution is 7.11. The maximum absolute atomic E-state index is 4.77. The Kier molecular flexibility index (Phi) is 5.48. The van der Waals surface area contributed by atoms with Crippen molar-refractivity contribution in [2.45, 2.75) is 73.3 Å². The first-order chi connectivity index (χ1) is 9.83. The van der Waals surface area contributed by atoms with Gasteiger partial charge in [0.2, 0.25) is 0 Å². The van der Waals surface area contributed by atoms with Gasteiger partial charge in [-0.1, -0.05) is 34.1 Å². The largest absolute Gasteiger partial charge is 0.314 e. The van der Waals surface area contributed by atoms with Gasteiger partial charge in [0, 0.05) is 17.3 Å². The summed E-state index contributed by atoms with van der Waals surface area (Å²) in [5.41, 5.74) is 1.54. The minimum Gasteiger partial charge on any atom is -0.314 e. The van der Waals surface area contributed by atoms with Crippen molar-refractivity contribution in [3.8, 4) is 0 Å². The standard InChI is InChI=1S/C18H32N2S/c1-7-19-16-10-12(2)8-9-15(16)18(5,6)11-17-20-13(3)14(4)21-17/h12,15-16,19H,7-11H2,1-6H3. The van der Waals surface area contributed by atoms with E-state index in [1.807, 2.05) is 11.3 Å². The molecule has 2 nitrogen and oxygen atoms in total. The molecule has 3 unspecified atom stereocenters. The molecule has 3 heteroatoms. The number of aryl methyl sites for hydroxylation is 2. The third-order valence-electron chi connectivity index (χ3n) is 5.26. The summed E-state index contributed by atoms with van der Waals surface area (Å²) >= 11 is 1.89. The molecular weight excluding hydrogens is 276 g/mol. The van der Waals surface area contributed by atoms with Crippen molar-refractivity contribution in [1.29, 1.82) is 0 Å². The van der Waals surface area contributed by atoms with Gasteiger partial charge in [0.25, 0.3) is 0 Å². The molecule has 0 radical (unpaired) electrons. The summed E-state index contributed by atoms with van der Waals surface area (Å²) in [6, 6.07) is 0.677. The minimum absolute atomic E-state index is 0.323. The van der Waals surface area contributed by atoms with Gasteiger partial charge in [-0.25, -0.2) is 4.98 Å². The van der Waals surface area contributed by atoms with Gasteiger partial charge >= 0.3 is 0 Å². The van der Waals surface area contributed by atoms with Crippen LogP contribution in [0, 0.1) is 31.1 Å². The summed E-state index contributed by atoms with van der Waals surface area (Å²) in [6.45, 7) is 14.9. The Hall–Kier alpha value is -0.410. The predicted octanol–water partition coefficient (Wildman–Crippen LogP) is 4.74. The summed E-state index contributed by atoms with van der Waals surface area (Å²) in [4.78, 5) is 6.15. The van der Waals surface area contributed by atoms with Crippen LogP contribution in [0.4, 0.5) is 0 Å². The first kappa shape index (κ1) is 17.0. The lowest BCUT2D eigenvalue weighted by molar-refractivity contribution is 0.0949. The van der Waals surface area contributed by atoms with Crippen LogP contribution >= 0.6 is 11.3 Å². The Bertz CT molecular complexity index is 444. The number of nitrogens with one attached hydrogen (secondary N) is 1. The van der Waals surface area contributed by atoms with E-state index in [1.54, 1.807) is 0 Å². The lowest BCUT2D eigenvalue weighted by Crippen LogP contribution is -2.47. The first-order valence-corrected chi connectivity index (χ1v) is 9.31. The van der Waals surface area contributed by atoms with Crippen LogP contribution in [0.2, 0.25) is 0 Å². The summed E-state index contributed by atoms with van der Waals surface area (Å²) in [7, 11) is 0. The molecular formula is C18H32N2S. The highest BCUT2D eigenvalue weighted by Gasteiger charge is 2.39. The number of hydrogen-bond donors (Lipinski definition) is 1. The van der Waals surface area contributed by atoms with Crippen molar-refractivity contribution in [1.82, 2.24) is 10.3 Å². The van der Waals surface area contributed by atoms with E-state index in [9.17, 15) is 0 Å². The maximum atomic E-state index is 4.77. The van der Waals surface area contributed by atoms with Crippen LogP contribution in [0.3, 0.4) is 0 Å². The van der Waals surface area contributed by atoms with Crippen molar-refractivity contribution in [3.05, 3.63) is 15.6 Å². The molecule has 0 saturated heterocycles. The zero-order valence-electron chi connectivity index (χ0n) is 14.6. The first-order valence-electron chi connectivity index (χ1n) is 8.49. The molecule has 1 aliphatic rings. The Labute approximate surface area is 134 Å². The van der Waals surface area contributed by atoms with Crippen LogP contribution in [-0.2, 0) is 6.42 Å². The SMILES string of the molecule is CCNC1CC(C)CCC1C(C)(C)Cc1nc(C)c(C)s1. The molecule has 1 fully saturated rings. The Balaban J connectivity index is 2.12. The molecule has 1 aromatic heterocycles. The van der Waals surface area contributed by atoms with Crippen LogP contribution in [-0.4, -0.2) is 17.6 Å². The number of rotatable bonds is 5. The van der Waals surface area contributed by atoms with Crippen LogP contribution in [0.15, 0.2) is 0 Å². The van der Waals surface area contributed by atoms with E-state index in [-0.39, 0.29) is 0 Å². The zero-order chi connectivity index (χ0) is 15.6. The average Bonchev–Trinajstić information content (AvgIpc) is 2.67. The molecule has 1 heterocycles. The van der Waals surface area contributed by atoms with Crippen molar-refractivity contribution < 1.29 is 0 Å². The van der Waals surface area contributed by atoms with E-state index in [0.717, 1.165) is 24.8 Å². The monoisotopic (exact) mass is 308 g/mol. The Morgan fingerprint density at radius 1 is 1.29 bits per heavy atom. The fourth-order valence-electron chi connectivity index (χ4n) is 3.94. The molecule has 0 amide bonds. The second-order valence-corrected chi connectivity index (χ2v) is 8.89. The normalized spacial score (nSPS) is 27.0. The molecule has 0 spiro atoms. The van der Waals surface area contributed by atoms with Gasteiger partial charge in [0.05, 0.1) is 10.7 Å². The van der Waals surface area contributed by atoms with Crippen molar-refractivity contribution in [3.63, 3.8) is 0 Å². The molecule has 0 bridgehead atoms. The Morgan fingerprint density at radius 2 is 2.00 bits per heavy atom. The second-order valence-electron chi connectivity index (χ2n) is 7.60. The summed E-state index contributed by atoms with van der Waals surface area (Å²) < 4.78 is 0. The lowest BCUT2D eigenvalue weighted by Gasteiger charge is -2.44. The number of thiazole rings is 1. The zero-order valence-corrected chi connectivity index (χ0v) is 15.4. The fourth-order valence-corrected chi connectivity index (χ4v) is 5.11. The molecule has 0 aliphatic heterocycles. The molecule has 3 atom stereocenters. The smallest absolute Gasteiger partial charge is 0.0936 e. The molecule has 0 aromatic carbocycles. The van der Waals surface area contributed by atoms with E-state index in [0.29, 0.717) is 11.5 Å². The molecule has 1 N–H and O–H groups in total. The van der Waals surface area contributed by atoms with E-state index >= 15 is 0 Å². The minimum atomic E-state index is 0.323. The van der Waals surface area contributed by atoms with E-state index in [2.05, 4.69) is 46.9 Å². The van der Waals surface area contributed by atoms with Crippen LogP contribution in [0.1, 0.15) is 62.5 Å². The van der Waals surface area contributed by atoms with E-state index in [4.69, 9.17) is 4.98 Å². The molecule has 2 rings (SSSR count). The van der Waals surface area contributed by atoms with Crippen LogP contribution < -0.4 is 5.32 Å². The van der Waals surface area contributed by atoms with Crippen LogP contribution in [0.25, 0.3) is 0 Å². The van der Waals surface area contributed by atoms with Gasteiger partial charge in [-0.2, -0.15) is 0 Å². The predicted molar refractivity (Wildman–Crippen MR) is 93.0 cm³/mol. The highest BCUT2D eigenvalue weighted by Crippen LogP contribution is 2.42. The summed E-state index contributed by atoms with van der Waals surface area (Å²) in [5, 5.41) is 5.08. The molecule has 120 valence electrons. The number of aromatic nitrogens is 1. The average molecular weight is 309 g/mol. The summed E-state index contributed by atoms with van der Waals surface area (Å²) in [6.07, 6.45) is 5.19. The van der Waals surface area contributed by atoms with Crippen LogP contribution in [0.5, 0.6) is 0 Å². The van der Waals surface area contributed by atoms with Gasteiger partial charge in [-0.3, -0.25) is 0 Å². The molecule has 1 saturated carbocycles. The lowest BCUT2D eigenvalue weighted by atomic mass is 9.65. The second kappa shape index (κ2) is 6.78. The van der Waals surface area contributed by atoms with E-state index in [1.165, 1.54) is 34.8 Å². The fraction of sp³-hybridized carbons (Fsp3) is 0.833. The van der Waals surface area contributed by atoms with Crippen molar-refractivity contribution in [2.24, 2.45) is 17.3 Å². The van der Waals surface area contributed by atoms with Gasteiger partial charge in [-0.05, 0) is 50.5 Å². The quantitative estimate of drug-likeness (QED) is 0.849. The highest BCUT2D eigenvalue weighted by atomic mass is 32.1. The third kappa shape index (κ3) is 4.07. The topological polar surface area (TPSA) is 24.9 Å². The van der Waals surface area contributed by atoms with E-state index < -0.39 is 0 Å². The van der Waals surface area contributed by atoms with Gasteiger partial charge in [-0.15, -0.1) is 11.3 Å². The van der Waals surface area contributed by atoms with Crippen molar-refractivity contribution in [2.75, 3.05) is 6.54 Å². The maximum Gasteiger partial charge on any atom is 0.0936 e. The Morgan fingerprint density at radius 3 is 2.57 bits per heavy atom.